The molecule has 0 unspecified atom stereocenters. The summed E-state index contributed by atoms with van der Waals surface area (Å²) in [5.41, 5.74) is 0.726. The molecule has 2 heteroatoms. The van der Waals surface area contributed by atoms with Gasteiger partial charge < -0.3 is 9.84 Å². The van der Waals surface area contributed by atoms with Crippen molar-refractivity contribution in [2.45, 2.75) is 64.8 Å². The Morgan fingerprint density at radius 2 is 1.83 bits per heavy atom. The minimum absolute atomic E-state index is 0.383. The highest BCUT2D eigenvalue weighted by atomic mass is 16.5. The van der Waals surface area contributed by atoms with Crippen LogP contribution >= 0.6 is 0 Å². The van der Waals surface area contributed by atoms with Crippen molar-refractivity contribution in [2.75, 3.05) is 0 Å². The second kappa shape index (κ2) is 7.55. The fourth-order valence-electron chi connectivity index (χ4n) is 2.23. The molecule has 1 rings (SSSR count). The molecular formula is C16H26O2. The van der Waals surface area contributed by atoms with E-state index in [0.29, 0.717) is 6.61 Å². The third-order valence-corrected chi connectivity index (χ3v) is 3.42. The number of hydrogen-bond donors (Lipinski definition) is 1. The molecule has 2 atom stereocenters. The van der Waals surface area contributed by atoms with Gasteiger partial charge in [0, 0.05) is 0 Å². The van der Waals surface area contributed by atoms with Crippen LogP contribution in [0, 0.1) is 0 Å². The highest BCUT2D eigenvalue weighted by molar-refractivity contribution is 5.13. The zero-order valence-electron chi connectivity index (χ0n) is 11.9. The van der Waals surface area contributed by atoms with Gasteiger partial charge in [-0.2, -0.15) is 0 Å². The van der Waals surface area contributed by atoms with E-state index in [9.17, 15) is 5.11 Å². The zero-order valence-corrected chi connectivity index (χ0v) is 11.9. The van der Waals surface area contributed by atoms with Crippen molar-refractivity contribution >= 4 is 0 Å². The molecule has 0 spiro atoms. The summed E-state index contributed by atoms with van der Waals surface area (Å²) in [6.07, 6.45) is 3.30. The van der Waals surface area contributed by atoms with E-state index in [1.165, 1.54) is 0 Å². The van der Waals surface area contributed by atoms with E-state index in [1.807, 2.05) is 25.1 Å². The lowest BCUT2D eigenvalue weighted by molar-refractivity contribution is -0.127. The molecule has 1 aromatic rings. The van der Waals surface area contributed by atoms with E-state index >= 15 is 0 Å². The van der Waals surface area contributed by atoms with E-state index in [4.69, 9.17) is 4.74 Å². The lowest BCUT2D eigenvalue weighted by atomic mass is 9.90. The third-order valence-electron chi connectivity index (χ3n) is 3.42. The van der Waals surface area contributed by atoms with E-state index in [-0.39, 0.29) is 6.10 Å². The van der Waals surface area contributed by atoms with Gasteiger partial charge in [0.05, 0.1) is 18.3 Å². The molecule has 1 aromatic carbocycles. The first kappa shape index (κ1) is 15.2. The van der Waals surface area contributed by atoms with Crippen molar-refractivity contribution in [1.82, 2.24) is 0 Å². The summed E-state index contributed by atoms with van der Waals surface area (Å²) >= 11 is 0. The summed E-state index contributed by atoms with van der Waals surface area (Å²) in [6, 6.07) is 10.1. The Labute approximate surface area is 111 Å². The molecule has 2 nitrogen and oxygen atoms in total. The van der Waals surface area contributed by atoms with Crippen molar-refractivity contribution in [2.24, 2.45) is 0 Å². The normalized spacial score (nSPS) is 16.2. The van der Waals surface area contributed by atoms with Crippen LogP contribution in [0.4, 0.5) is 0 Å². The second-order valence-corrected chi connectivity index (χ2v) is 5.14. The molecule has 0 aromatic heterocycles. The molecule has 0 saturated heterocycles. The molecule has 18 heavy (non-hydrogen) atoms. The molecule has 0 aliphatic heterocycles. The van der Waals surface area contributed by atoms with Crippen LogP contribution in [0.5, 0.6) is 0 Å². The standard InChI is InChI=1S/C16H26O2/c1-4-9-15(17)16(3,12-5-2)18-13-14-10-7-6-8-11-14/h6-8,10-11,15,17H,4-5,9,12-13H2,1-3H3/t15-,16-/m1/s1. The summed E-state index contributed by atoms with van der Waals surface area (Å²) < 4.78 is 6.02. The molecule has 1 N–H and O–H groups in total. The number of aliphatic hydroxyl groups is 1. The SMILES string of the molecule is CCC[C@@H](O)[C@@](C)(CCC)OCc1ccccc1. The fraction of sp³-hybridized carbons (Fsp3) is 0.625. The number of aliphatic hydroxyl groups excluding tert-OH is 1. The van der Waals surface area contributed by atoms with Gasteiger partial charge in [-0.05, 0) is 25.3 Å². The molecular weight excluding hydrogens is 224 g/mol. The Morgan fingerprint density at radius 3 is 2.39 bits per heavy atom. The van der Waals surface area contributed by atoms with Gasteiger partial charge in [-0.1, -0.05) is 57.0 Å². The first-order valence-corrected chi connectivity index (χ1v) is 6.98. The van der Waals surface area contributed by atoms with Gasteiger partial charge in [0.1, 0.15) is 0 Å². The van der Waals surface area contributed by atoms with Crippen LogP contribution in [0.25, 0.3) is 0 Å². The predicted molar refractivity (Wildman–Crippen MR) is 75.5 cm³/mol. The van der Waals surface area contributed by atoms with Crippen molar-refractivity contribution in [3.8, 4) is 0 Å². The van der Waals surface area contributed by atoms with Gasteiger partial charge in [-0.3, -0.25) is 0 Å². The van der Waals surface area contributed by atoms with Gasteiger partial charge in [0.2, 0.25) is 0 Å². The van der Waals surface area contributed by atoms with Gasteiger partial charge in [-0.15, -0.1) is 0 Å². The van der Waals surface area contributed by atoms with Gasteiger partial charge in [0.25, 0.3) is 0 Å². The number of hydrogen-bond acceptors (Lipinski definition) is 2. The van der Waals surface area contributed by atoms with Crippen molar-refractivity contribution in [1.29, 1.82) is 0 Å². The smallest absolute Gasteiger partial charge is 0.0916 e. The van der Waals surface area contributed by atoms with Crippen LogP contribution in [0.2, 0.25) is 0 Å². The molecule has 0 amide bonds. The number of ether oxygens (including phenoxy) is 1. The van der Waals surface area contributed by atoms with Crippen LogP contribution in [0.1, 0.15) is 52.0 Å². The van der Waals surface area contributed by atoms with Crippen LogP contribution < -0.4 is 0 Å². The molecule has 102 valence electrons. The van der Waals surface area contributed by atoms with Gasteiger partial charge in [0.15, 0.2) is 0 Å². The Balaban J connectivity index is 2.61. The van der Waals surface area contributed by atoms with Crippen molar-refractivity contribution < 1.29 is 9.84 Å². The monoisotopic (exact) mass is 250 g/mol. The van der Waals surface area contributed by atoms with Crippen LogP contribution in [0.15, 0.2) is 30.3 Å². The van der Waals surface area contributed by atoms with Crippen molar-refractivity contribution in [3.63, 3.8) is 0 Å². The van der Waals surface area contributed by atoms with E-state index in [1.54, 1.807) is 0 Å². The lowest BCUT2D eigenvalue weighted by Gasteiger charge is -2.34. The molecule has 0 aliphatic carbocycles. The Kier molecular flexibility index (Phi) is 6.37. The van der Waals surface area contributed by atoms with Crippen LogP contribution in [0.3, 0.4) is 0 Å². The highest BCUT2D eigenvalue weighted by Crippen LogP contribution is 2.26. The number of benzene rings is 1. The number of rotatable bonds is 8. The minimum atomic E-state index is -0.430. The molecule has 0 aliphatic rings. The lowest BCUT2D eigenvalue weighted by Crippen LogP contribution is -2.41. The van der Waals surface area contributed by atoms with Crippen LogP contribution in [-0.2, 0) is 11.3 Å². The van der Waals surface area contributed by atoms with Gasteiger partial charge >= 0.3 is 0 Å². The predicted octanol–water partition coefficient (Wildman–Crippen LogP) is 3.92. The summed E-state index contributed by atoms with van der Waals surface area (Å²) in [7, 11) is 0. The summed E-state index contributed by atoms with van der Waals surface area (Å²) in [5.74, 6) is 0. The summed E-state index contributed by atoms with van der Waals surface area (Å²) in [4.78, 5) is 0. The third kappa shape index (κ3) is 4.43. The molecule has 0 fully saturated rings. The molecule has 0 heterocycles. The summed E-state index contributed by atoms with van der Waals surface area (Å²) in [6.45, 7) is 6.81. The quantitative estimate of drug-likeness (QED) is 0.757. The topological polar surface area (TPSA) is 29.5 Å². The zero-order chi connectivity index (χ0) is 13.4. The maximum atomic E-state index is 10.3. The van der Waals surface area contributed by atoms with E-state index in [0.717, 1.165) is 31.2 Å². The van der Waals surface area contributed by atoms with E-state index in [2.05, 4.69) is 26.0 Å². The molecule has 0 bridgehead atoms. The summed E-state index contributed by atoms with van der Waals surface area (Å²) in [5, 5.41) is 10.3. The van der Waals surface area contributed by atoms with Crippen molar-refractivity contribution in [3.05, 3.63) is 35.9 Å². The molecule has 0 radical (unpaired) electrons. The van der Waals surface area contributed by atoms with Crippen LogP contribution in [-0.4, -0.2) is 16.8 Å². The maximum Gasteiger partial charge on any atom is 0.0916 e. The Hall–Kier alpha value is -0.860. The average molecular weight is 250 g/mol. The Morgan fingerprint density at radius 1 is 1.17 bits per heavy atom. The maximum absolute atomic E-state index is 10.3. The highest BCUT2D eigenvalue weighted by Gasteiger charge is 2.32. The largest absolute Gasteiger partial charge is 0.390 e. The first-order chi connectivity index (χ1) is 8.62. The minimum Gasteiger partial charge on any atom is -0.390 e. The Bertz CT molecular complexity index is 323. The molecule has 0 saturated carbocycles. The average Bonchev–Trinajstić information content (AvgIpc) is 2.38. The van der Waals surface area contributed by atoms with Gasteiger partial charge in [-0.25, -0.2) is 0 Å². The first-order valence-electron chi connectivity index (χ1n) is 6.98. The van der Waals surface area contributed by atoms with E-state index < -0.39 is 5.60 Å². The fourth-order valence-corrected chi connectivity index (χ4v) is 2.23. The second-order valence-electron chi connectivity index (χ2n) is 5.14.